The van der Waals surface area contributed by atoms with Crippen molar-refractivity contribution in [3.8, 4) is 0 Å². The van der Waals surface area contributed by atoms with Crippen LogP contribution in [-0.4, -0.2) is 26.2 Å². The van der Waals surface area contributed by atoms with Crippen LogP contribution in [-0.2, 0) is 27.9 Å². The first-order valence-electron chi connectivity index (χ1n) is 10.2. The Hall–Kier alpha value is -1.11. The molecule has 0 aliphatic heterocycles. The Morgan fingerprint density at radius 1 is 1.26 bits per heavy atom. The third-order valence-electron chi connectivity index (χ3n) is 7.77. The number of methoxy groups -OCH3 is 1. The van der Waals surface area contributed by atoms with Gasteiger partial charge in [0.2, 0.25) is 0 Å². The number of ether oxygens (including phenoxy) is 1. The zero-order valence-corrected chi connectivity index (χ0v) is 17.3. The number of rotatable bonds is 4. The first kappa shape index (κ1) is 19.2. The van der Waals surface area contributed by atoms with E-state index >= 15 is 0 Å². The third-order valence-corrected chi connectivity index (χ3v) is 8.24. The van der Waals surface area contributed by atoms with Gasteiger partial charge in [-0.2, -0.15) is 8.42 Å². The molecule has 5 atom stereocenters. The highest BCUT2D eigenvalue weighted by molar-refractivity contribution is 7.87. The van der Waals surface area contributed by atoms with Gasteiger partial charge in [-0.25, -0.2) is 0 Å². The van der Waals surface area contributed by atoms with Gasteiger partial charge in [-0.05, 0) is 90.9 Å². The number of anilines is 1. The van der Waals surface area contributed by atoms with E-state index in [1.807, 2.05) is 20.1 Å². The molecular formula is C21H31NO4S. The molecule has 0 spiro atoms. The van der Waals surface area contributed by atoms with Crippen molar-refractivity contribution in [1.82, 2.24) is 0 Å². The monoisotopic (exact) mass is 393 g/mol. The zero-order valence-electron chi connectivity index (χ0n) is 16.5. The molecule has 1 aromatic rings. The summed E-state index contributed by atoms with van der Waals surface area (Å²) in [5.41, 5.74) is 4.43. The van der Waals surface area contributed by atoms with Crippen molar-refractivity contribution >= 4 is 16.0 Å². The quantitative estimate of drug-likeness (QED) is 0.747. The average molecular weight is 394 g/mol. The van der Waals surface area contributed by atoms with Crippen molar-refractivity contribution in [3.63, 3.8) is 0 Å². The lowest BCUT2D eigenvalue weighted by Crippen LogP contribution is -2.44. The summed E-state index contributed by atoms with van der Waals surface area (Å²) in [4.78, 5) is 0. The fraction of sp³-hybridized carbons (Fsp3) is 0.714. The zero-order chi connectivity index (χ0) is 19.4. The normalized spacial score (nSPS) is 35.3. The number of benzene rings is 1. The van der Waals surface area contributed by atoms with Gasteiger partial charge in [0, 0.05) is 7.11 Å². The van der Waals surface area contributed by atoms with E-state index in [9.17, 15) is 13.0 Å². The first-order valence-corrected chi connectivity index (χ1v) is 11.6. The predicted molar refractivity (Wildman–Crippen MR) is 106 cm³/mol. The molecule has 3 aliphatic rings. The SMILES string of the molecule is CCc1cc2c(cc1NS(=O)(=O)O)CCC1C2CC[C@@]2(C)C1CC[C@@H]2OC. The fourth-order valence-corrected chi connectivity index (χ4v) is 7.00. The summed E-state index contributed by atoms with van der Waals surface area (Å²) in [5, 5.41) is 0. The molecule has 2 N–H and O–H groups in total. The second-order valence-corrected chi connectivity index (χ2v) is 10.1. The molecule has 2 fully saturated rings. The first-order chi connectivity index (χ1) is 12.8. The van der Waals surface area contributed by atoms with Crippen molar-refractivity contribution in [2.24, 2.45) is 17.3 Å². The summed E-state index contributed by atoms with van der Waals surface area (Å²) in [6.07, 6.45) is 8.06. The number of aryl methyl sites for hydroxylation is 2. The molecule has 6 heteroatoms. The van der Waals surface area contributed by atoms with Crippen LogP contribution < -0.4 is 4.72 Å². The van der Waals surface area contributed by atoms with Gasteiger partial charge in [-0.1, -0.05) is 19.9 Å². The summed E-state index contributed by atoms with van der Waals surface area (Å²) in [6.45, 7) is 4.45. The second kappa shape index (κ2) is 6.75. The van der Waals surface area contributed by atoms with Gasteiger partial charge >= 0.3 is 10.3 Å². The molecular weight excluding hydrogens is 362 g/mol. The second-order valence-electron chi connectivity index (χ2n) is 8.90. The van der Waals surface area contributed by atoms with E-state index in [1.165, 1.54) is 36.8 Å². The highest BCUT2D eigenvalue weighted by Gasteiger charge is 2.55. The Balaban J connectivity index is 1.69. The van der Waals surface area contributed by atoms with Crippen LogP contribution in [0.3, 0.4) is 0 Å². The van der Waals surface area contributed by atoms with Crippen molar-refractivity contribution in [3.05, 3.63) is 28.8 Å². The van der Waals surface area contributed by atoms with Crippen molar-refractivity contribution in [2.75, 3.05) is 11.8 Å². The largest absolute Gasteiger partial charge is 0.381 e. The predicted octanol–water partition coefficient (Wildman–Crippen LogP) is 4.33. The summed E-state index contributed by atoms with van der Waals surface area (Å²) in [5.74, 6) is 1.98. The summed E-state index contributed by atoms with van der Waals surface area (Å²) in [7, 11) is -2.39. The molecule has 0 amide bonds. The van der Waals surface area contributed by atoms with Crippen LogP contribution in [0.2, 0.25) is 0 Å². The van der Waals surface area contributed by atoms with Gasteiger partial charge in [0.1, 0.15) is 0 Å². The molecule has 27 heavy (non-hydrogen) atoms. The molecule has 4 rings (SSSR count). The number of hydrogen-bond acceptors (Lipinski definition) is 3. The van der Waals surface area contributed by atoms with Crippen LogP contribution in [0.5, 0.6) is 0 Å². The Morgan fingerprint density at radius 2 is 2.04 bits per heavy atom. The minimum Gasteiger partial charge on any atom is -0.381 e. The van der Waals surface area contributed by atoms with E-state index in [-0.39, 0.29) is 0 Å². The van der Waals surface area contributed by atoms with Crippen molar-refractivity contribution in [1.29, 1.82) is 0 Å². The van der Waals surface area contributed by atoms with Crippen LogP contribution in [0.4, 0.5) is 5.69 Å². The molecule has 2 saturated carbocycles. The number of hydrogen-bond donors (Lipinski definition) is 2. The minimum atomic E-state index is -4.25. The Kier molecular flexibility index (Phi) is 4.80. The van der Waals surface area contributed by atoms with Gasteiger partial charge in [-0.15, -0.1) is 0 Å². The minimum absolute atomic E-state index is 0.299. The van der Waals surface area contributed by atoms with Crippen LogP contribution in [0, 0.1) is 17.3 Å². The molecule has 5 nitrogen and oxygen atoms in total. The average Bonchev–Trinajstić information content (AvgIpc) is 2.95. The Labute approximate surface area is 162 Å². The van der Waals surface area contributed by atoms with E-state index in [1.54, 1.807) is 0 Å². The maximum absolute atomic E-state index is 11.3. The highest BCUT2D eigenvalue weighted by Crippen LogP contribution is 2.61. The van der Waals surface area contributed by atoms with Crippen LogP contribution >= 0.6 is 0 Å². The molecule has 150 valence electrons. The highest BCUT2D eigenvalue weighted by atomic mass is 32.2. The maximum atomic E-state index is 11.3. The van der Waals surface area contributed by atoms with E-state index in [0.29, 0.717) is 29.0 Å². The van der Waals surface area contributed by atoms with Crippen molar-refractivity contribution in [2.45, 2.75) is 70.8 Å². The Bertz CT molecular complexity index is 837. The van der Waals surface area contributed by atoms with Gasteiger partial charge in [0.15, 0.2) is 0 Å². The smallest absolute Gasteiger partial charge is 0.357 e. The molecule has 0 radical (unpaired) electrons. The van der Waals surface area contributed by atoms with Gasteiger partial charge < -0.3 is 4.74 Å². The molecule has 3 aliphatic carbocycles. The van der Waals surface area contributed by atoms with Gasteiger partial charge in [-0.3, -0.25) is 9.27 Å². The van der Waals surface area contributed by atoms with E-state index < -0.39 is 10.3 Å². The van der Waals surface area contributed by atoms with Gasteiger partial charge in [0.25, 0.3) is 0 Å². The Morgan fingerprint density at radius 3 is 2.70 bits per heavy atom. The number of fused-ring (bicyclic) bond motifs is 5. The molecule has 1 aromatic carbocycles. The van der Waals surface area contributed by atoms with Crippen LogP contribution in [0.15, 0.2) is 12.1 Å². The van der Waals surface area contributed by atoms with Crippen LogP contribution in [0.25, 0.3) is 0 Å². The topological polar surface area (TPSA) is 75.6 Å². The summed E-state index contributed by atoms with van der Waals surface area (Å²) >= 11 is 0. The maximum Gasteiger partial charge on any atom is 0.357 e. The third kappa shape index (κ3) is 3.19. The fourth-order valence-electron chi connectivity index (χ4n) is 6.53. The standard InChI is InChI=1S/C21H31NO4S/c1-4-13-11-17-14(12-19(13)22-27(23,24)25)5-6-16-15(17)9-10-21(2)18(16)7-8-20(21)26-3/h11-12,15-16,18,20,22H,4-10H2,1-3H3,(H,23,24,25)/t15?,16?,18?,20-,21-/m0/s1. The van der Waals surface area contributed by atoms with E-state index in [4.69, 9.17) is 4.74 Å². The van der Waals surface area contributed by atoms with Gasteiger partial charge in [0.05, 0.1) is 11.8 Å². The molecule has 0 saturated heterocycles. The van der Waals surface area contributed by atoms with Crippen LogP contribution in [0.1, 0.15) is 68.6 Å². The molecule has 0 bridgehead atoms. The summed E-state index contributed by atoms with van der Waals surface area (Å²) < 4.78 is 40.0. The molecule has 0 heterocycles. The molecule has 0 aromatic heterocycles. The molecule has 3 unspecified atom stereocenters. The number of nitrogens with one attached hydrogen (secondary N) is 1. The summed E-state index contributed by atoms with van der Waals surface area (Å²) in [6, 6.07) is 4.16. The lowest BCUT2D eigenvalue weighted by molar-refractivity contribution is -0.0444. The van der Waals surface area contributed by atoms with E-state index in [0.717, 1.165) is 30.7 Å². The van der Waals surface area contributed by atoms with Crippen molar-refractivity contribution < 1.29 is 17.7 Å². The lowest BCUT2D eigenvalue weighted by Gasteiger charge is -2.50. The lowest BCUT2D eigenvalue weighted by atomic mass is 9.55. The van der Waals surface area contributed by atoms with E-state index in [2.05, 4.69) is 17.7 Å².